The van der Waals surface area contributed by atoms with E-state index in [0.717, 1.165) is 27.8 Å². The fourth-order valence-electron chi connectivity index (χ4n) is 6.98. The Bertz CT molecular complexity index is 1800. The number of ether oxygens (including phenoxy) is 4. The molecule has 1 unspecified atom stereocenters. The van der Waals surface area contributed by atoms with Gasteiger partial charge in [0.2, 0.25) is 0 Å². The summed E-state index contributed by atoms with van der Waals surface area (Å²) in [6.07, 6.45) is -3.29. The fourth-order valence-corrected chi connectivity index (χ4v) is 9.18. The average Bonchev–Trinajstić information content (AvgIpc) is 3.22. The van der Waals surface area contributed by atoms with Crippen LogP contribution in [0.1, 0.15) is 55.5 Å². The van der Waals surface area contributed by atoms with Crippen molar-refractivity contribution in [1.29, 1.82) is 0 Å². The van der Waals surface area contributed by atoms with Crippen LogP contribution < -0.4 is 0 Å². The van der Waals surface area contributed by atoms with Gasteiger partial charge in [-0.1, -0.05) is 152 Å². The molecule has 0 heterocycles. The minimum absolute atomic E-state index is 0.117. The highest BCUT2D eigenvalue weighted by Crippen LogP contribution is 2.51. The molecule has 0 saturated heterocycles. The van der Waals surface area contributed by atoms with Crippen LogP contribution in [0, 0.1) is 0 Å². The van der Waals surface area contributed by atoms with Gasteiger partial charge in [0.05, 0.1) is 38.4 Å². The minimum atomic E-state index is -1.66. The minimum Gasteiger partial charge on any atom is -0.369 e. The Hall–Kier alpha value is -3.46. The number of nitrogens with zero attached hydrogens (tertiary/aromatic N) is 1. The molecule has 0 N–H and O–H groups in total. The average molecular weight is 796 g/mol. The van der Waals surface area contributed by atoms with Crippen molar-refractivity contribution in [3.63, 3.8) is 0 Å². The molecule has 1 fully saturated rings. The number of benzene rings is 5. The number of hydrogen-bond donors (Lipinski definition) is 0. The topological polar surface area (TPSA) is 58.6 Å². The van der Waals surface area contributed by atoms with Crippen molar-refractivity contribution in [2.24, 2.45) is 0 Å². The molecule has 1 aliphatic rings. The molecule has 0 bridgehead atoms. The molecule has 0 aromatic heterocycles. The molecule has 1 saturated carbocycles. The van der Waals surface area contributed by atoms with Crippen molar-refractivity contribution in [1.82, 2.24) is 4.67 Å². The van der Waals surface area contributed by atoms with E-state index in [1.54, 1.807) is 0 Å². The Morgan fingerprint density at radius 3 is 1.05 bits per heavy atom. The van der Waals surface area contributed by atoms with Crippen molar-refractivity contribution in [3.05, 3.63) is 179 Å². The molecule has 0 radical (unpaired) electrons. The summed E-state index contributed by atoms with van der Waals surface area (Å²) >= 11 is 7.68. The molecule has 7 atom stereocenters. The second-order valence-electron chi connectivity index (χ2n) is 14.6. The van der Waals surface area contributed by atoms with Gasteiger partial charge in [0.1, 0.15) is 30.5 Å². The molecule has 5 aromatic rings. The summed E-state index contributed by atoms with van der Waals surface area (Å²) in [5.74, 6) is 0. The number of alkyl halides is 1. The van der Waals surface area contributed by atoms with Gasteiger partial charge in [0.25, 0.3) is 8.53 Å². The summed E-state index contributed by atoms with van der Waals surface area (Å²) in [4.78, 5) is 0. The predicted molar refractivity (Wildman–Crippen MR) is 225 cm³/mol. The highest BCUT2D eigenvalue weighted by atomic mass is 35.5. The molecule has 0 amide bonds. The first-order chi connectivity index (χ1) is 27.4. The van der Waals surface area contributed by atoms with E-state index in [-0.39, 0.29) is 12.1 Å². The van der Waals surface area contributed by atoms with E-state index < -0.39 is 44.4 Å². The predicted octanol–water partition coefficient (Wildman–Crippen LogP) is 10.9. The van der Waals surface area contributed by atoms with E-state index in [0.29, 0.717) is 33.0 Å². The van der Waals surface area contributed by atoms with Crippen LogP contribution in [0.15, 0.2) is 152 Å². The number of halogens is 1. The van der Waals surface area contributed by atoms with Crippen LogP contribution in [-0.2, 0) is 61.0 Å². The molecule has 56 heavy (non-hydrogen) atoms. The Kier molecular flexibility index (Phi) is 16.5. The van der Waals surface area contributed by atoms with E-state index in [1.807, 2.05) is 103 Å². The van der Waals surface area contributed by atoms with E-state index in [1.165, 1.54) is 0 Å². The third kappa shape index (κ3) is 12.0. The molecular formula is C47H55ClNO6P. The molecule has 296 valence electrons. The lowest BCUT2D eigenvalue weighted by atomic mass is 9.85. The summed E-state index contributed by atoms with van der Waals surface area (Å²) in [6, 6.07) is 51.0. The maximum absolute atomic E-state index is 7.68. The Balaban J connectivity index is 1.42. The van der Waals surface area contributed by atoms with Gasteiger partial charge in [-0.3, -0.25) is 0 Å². The van der Waals surface area contributed by atoms with Crippen LogP contribution in [-0.4, -0.2) is 52.7 Å². The van der Waals surface area contributed by atoms with Gasteiger partial charge in [-0.05, 0) is 55.5 Å². The van der Waals surface area contributed by atoms with E-state index >= 15 is 0 Å². The molecule has 5 aromatic carbocycles. The van der Waals surface area contributed by atoms with Gasteiger partial charge in [0.15, 0.2) is 0 Å². The largest absolute Gasteiger partial charge is 0.369 e. The van der Waals surface area contributed by atoms with Gasteiger partial charge in [0, 0.05) is 12.1 Å². The maximum Gasteiger partial charge on any atom is 0.260 e. The van der Waals surface area contributed by atoms with Crippen LogP contribution in [0.4, 0.5) is 0 Å². The van der Waals surface area contributed by atoms with Crippen molar-refractivity contribution < 1.29 is 28.0 Å². The first kappa shape index (κ1) is 42.2. The van der Waals surface area contributed by atoms with Gasteiger partial charge >= 0.3 is 0 Å². The third-order valence-corrected chi connectivity index (χ3v) is 12.3. The van der Waals surface area contributed by atoms with Gasteiger partial charge < -0.3 is 28.0 Å². The molecule has 1 aliphatic carbocycles. The fraction of sp³-hybridized carbons (Fsp3) is 0.362. The van der Waals surface area contributed by atoms with Crippen LogP contribution in [0.3, 0.4) is 0 Å². The second kappa shape index (κ2) is 21.9. The lowest BCUT2D eigenvalue weighted by Gasteiger charge is -2.49. The van der Waals surface area contributed by atoms with Gasteiger partial charge in [-0.2, -0.15) is 0 Å². The summed E-state index contributed by atoms with van der Waals surface area (Å²) in [5.41, 5.74) is 5.17. The lowest BCUT2D eigenvalue weighted by molar-refractivity contribution is -0.230. The van der Waals surface area contributed by atoms with E-state index in [4.69, 9.17) is 39.6 Å². The van der Waals surface area contributed by atoms with Crippen LogP contribution >= 0.6 is 20.1 Å². The molecular weight excluding hydrogens is 741 g/mol. The SMILES string of the molecule is CC(C)N(C(C)C)P(OCc1ccccc1)O[C@H]1[C@H](OCc2ccccc2)[C@@H](OCc2ccccc2)[C@H](OCc2ccccc2)[C@@H](Cl)[C@H]1OCc1ccccc1. The second-order valence-corrected chi connectivity index (χ2v) is 16.5. The highest BCUT2D eigenvalue weighted by molar-refractivity contribution is 7.44. The summed E-state index contributed by atoms with van der Waals surface area (Å²) in [6.45, 7) is 10.4. The normalized spacial score (nSPS) is 21.8. The standard InChI is InChI=1S/C47H55ClNO6P/c1-35(2)49(36(3)4)56(54-34-41-28-18-9-19-29-41)55-47-44(51-31-38-22-12-6-13-23-38)42(48)43(50-30-37-20-10-5-11-21-37)45(52-32-39-24-14-7-15-25-39)46(47)53-33-40-26-16-8-17-27-40/h5-29,35-36,42-47H,30-34H2,1-4H3/t42-,43-,44-,45+,46-,47-,56?/m1/s1. The quantitative estimate of drug-likeness (QED) is 0.0574. The zero-order chi connectivity index (χ0) is 39.1. The molecule has 0 aliphatic heterocycles. The van der Waals surface area contributed by atoms with Crippen LogP contribution in [0.5, 0.6) is 0 Å². The van der Waals surface area contributed by atoms with Crippen molar-refractivity contribution in [2.45, 2.75) is 109 Å². The highest BCUT2D eigenvalue weighted by Gasteiger charge is 2.55. The van der Waals surface area contributed by atoms with E-state index in [2.05, 4.69) is 80.9 Å². The van der Waals surface area contributed by atoms with Crippen LogP contribution in [0.25, 0.3) is 0 Å². The third-order valence-electron chi connectivity index (χ3n) is 9.71. The molecule has 6 rings (SSSR count). The monoisotopic (exact) mass is 795 g/mol. The van der Waals surface area contributed by atoms with Crippen LogP contribution in [0.2, 0.25) is 0 Å². The van der Waals surface area contributed by atoms with Gasteiger partial charge in [-0.15, -0.1) is 11.6 Å². The number of rotatable bonds is 20. The van der Waals surface area contributed by atoms with Crippen molar-refractivity contribution >= 4 is 20.1 Å². The molecule has 7 nitrogen and oxygen atoms in total. The smallest absolute Gasteiger partial charge is 0.260 e. The summed E-state index contributed by atoms with van der Waals surface area (Å²) < 4.78 is 44.1. The van der Waals surface area contributed by atoms with Crippen molar-refractivity contribution in [2.75, 3.05) is 0 Å². The Morgan fingerprint density at radius 2 is 0.714 bits per heavy atom. The zero-order valence-electron chi connectivity index (χ0n) is 32.8. The zero-order valence-corrected chi connectivity index (χ0v) is 34.5. The molecule has 9 heteroatoms. The molecule has 0 spiro atoms. The van der Waals surface area contributed by atoms with E-state index in [9.17, 15) is 0 Å². The van der Waals surface area contributed by atoms with Crippen molar-refractivity contribution in [3.8, 4) is 0 Å². The Morgan fingerprint density at radius 1 is 0.429 bits per heavy atom. The lowest BCUT2D eigenvalue weighted by Crippen LogP contribution is -2.65. The first-order valence-corrected chi connectivity index (χ1v) is 21.1. The number of hydrogen-bond acceptors (Lipinski definition) is 7. The Labute approximate surface area is 339 Å². The summed E-state index contributed by atoms with van der Waals surface area (Å²) in [5, 5.41) is -0.678. The maximum atomic E-state index is 7.68. The first-order valence-electron chi connectivity index (χ1n) is 19.6. The van der Waals surface area contributed by atoms with Gasteiger partial charge in [-0.25, -0.2) is 4.67 Å². The summed E-state index contributed by atoms with van der Waals surface area (Å²) in [7, 11) is -1.66.